The van der Waals surface area contributed by atoms with Crippen LogP contribution in [0.3, 0.4) is 0 Å². The van der Waals surface area contributed by atoms with Crippen LogP contribution in [0.1, 0.15) is 39.5 Å². The molecule has 0 spiro atoms. The fourth-order valence-electron chi connectivity index (χ4n) is 1.01. The third-order valence-corrected chi connectivity index (χ3v) is 3.08. The minimum absolute atomic E-state index is 0.00253. The topological polar surface area (TPSA) is 80.4 Å². The molecule has 0 saturated heterocycles. The van der Waals surface area contributed by atoms with Gasteiger partial charge in [-0.1, -0.05) is 32.3 Å². The van der Waals surface area contributed by atoms with Gasteiger partial charge in [-0.3, -0.25) is 4.55 Å². The van der Waals surface area contributed by atoms with E-state index in [1.54, 1.807) is 6.08 Å². The van der Waals surface area contributed by atoms with E-state index in [0.717, 1.165) is 19.3 Å². The Morgan fingerprint density at radius 2 is 1.93 bits per heavy atom. The lowest BCUT2D eigenvalue weighted by atomic mass is 10.1. The summed E-state index contributed by atoms with van der Waals surface area (Å²) in [4.78, 5) is 0. The summed E-state index contributed by atoms with van der Waals surface area (Å²) in [5.74, 6) is 0. The molecule has 0 heterocycles. The Labute approximate surface area is 93.3 Å². The van der Waals surface area contributed by atoms with Crippen molar-refractivity contribution in [3.8, 4) is 0 Å². The largest absolute Gasteiger partial charge is 0.329 e. The van der Waals surface area contributed by atoms with Crippen LogP contribution in [0, 0.1) is 0 Å². The van der Waals surface area contributed by atoms with Crippen LogP contribution in [0.2, 0.25) is 0 Å². The second-order valence-corrected chi connectivity index (χ2v) is 4.97. The summed E-state index contributed by atoms with van der Waals surface area (Å²) in [5, 5.41) is -0.774. The summed E-state index contributed by atoms with van der Waals surface area (Å²) < 4.78 is 29.9. The van der Waals surface area contributed by atoms with Gasteiger partial charge in [-0.25, -0.2) is 0 Å². The molecule has 0 aliphatic heterocycles. The Balaban J connectivity index is 0. The van der Waals surface area contributed by atoms with E-state index >= 15 is 0 Å². The molecule has 1 atom stereocenters. The van der Waals surface area contributed by atoms with Gasteiger partial charge in [-0.05, 0) is 13.3 Å². The van der Waals surface area contributed by atoms with Gasteiger partial charge in [0, 0.05) is 6.54 Å². The van der Waals surface area contributed by atoms with Gasteiger partial charge in [-0.2, -0.15) is 8.42 Å². The molecule has 0 radical (unpaired) electrons. The SMILES string of the molecule is C=CC.CCCCCC(CN)S(=O)(=O)O. The Morgan fingerprint density at radius 1 is 1.47 bits per heavy atom. The van der Waals surface area contributed by atoms with Crippen molar-refractivity contribution in [2.45, 2.75) is 44.8 Å². The zero-order chi connectivity index (χ0) is 12.3. The van der Waals surface area contributed by atoms with Crippen molar-refractivity contribution in [2.24, 2.45) is 5.73 Å². The molecule has 15 heavy (non-hydrogen) atoms. The van der Waals surface area contributed by atoms with Gasteiger partial charge >= 0.3 is 0 Å². The van der Waals surface area contributed by atoms with Crippen LogP contribution in [-0.4, -0.2) is 24.8 Å². The zero-order valence-electron chi connectivity index (χ0n) is 9.65. The minimum atomic E-state index is -3.92. The van der Waals surface area contributed by atoms with Crippen LogP contribution in [0.5, 0.6) is 0 Å². The quantitative estimate of drug-likeness (QED) is 0.420. The molecule has 0 rings (SSSR count). The van der Waals surface area contributed by atoms with Crippen molar-refractivity contribution in [1.29, 1.82) is 0 Å². The lowest BCUT2D eigenvalue weighted by Gasteiger charge is -2.09. The monoisotopic (exact) mass is 237 g/mol. The first-order valence-electron chi connectivity index (χ1n) is 5.17. The molecule has 3 N–H and O–H groups in total. The molecule has 0 aliphatic rings. The fourth-order valence-corrected chi connectivity index (χ4v) is 1.72. The van der Waals surface area contributed by atoms with Gasteiger partial charge in [0.2, 0.25) is 0 Å². The summed E-state index contributed by atoms with van der Waals surface area (Å²) in [6.07, 6.45) is 5.02. The van der Waals surface area contributed by atoms with Crippen LogP contribution in [0.15, 0.2) is 12.7 Å². The van der Waals surface area contributed by atoms with Crippen molar-refractivity contribution < 1.29 is 13.0 Å². The highest BCUT2D eigenvalue weighted by molar-refractivity contribution is 7.86. The molecule has 1 unspecified atom stereocenters. The van der Waals surface area contributed by atoms with E-state index < -0.39 is 15.4 Å². The highest BCUT2D eigenvalue weighted by Gasteiger charge is 2.19. The van der Waals surface area contributed by atoms with Gasteiger partial charge < -0.3 is 5.73 Å². The molecule has 0 fully saturated rings. The summed E-state index contributed by atoms with van der Waals surface area (Å²) in [6.45, 7) is 7.29. The second-order valence-electron chi connectivity index (χ2n) is 3.28. The highest BCUT2D eigenvalue weighted by atomic mass is 32.2. The third kappa shape index (κ3) is 11.5. The Morgan fingerprint density at radius 3 is 2.20 bits per heavy atom. The average molecular weight is 237 g/mol. The van der Waals surface area contributed by atoms with Gasteiger partial charge in [0.05, 0.1) is 5.25 Å². The molecule has 0 bridgehead atoms. The molecule has 92 valence electrons. The van der Waals surface area contributed by atoms with E-state index in [1.807, 2.05) is 13.8 Å². The van der Waals surface area contributed by atoms with E-state index in [4.69, 9.17) is 10.3 Å². The average Bonchev–Trinajstić information content (AvgIpc) is 2.12. The zero-order valence-corrected chi connectivity index (χ0v) is 10.5. The van der Waals surface area contributed by atoms with Crippen molar-refractivity contribution >= 4 is 10.1 Å². The lowest BCUT2D eigenvalue weighted by molar-refractivity contribution is 0.458. The number of allylic oxidation sites excluding steroid dienone is 1. The molecular weight excluding hydrogens is 214 g/mol. The van der Waals surface area contributed by atoms with E-state index in [9.17, 15) is 8.42 Å². The molecule has 0 saturated carbocycles. The van der Waals surface area contributed by atoms with Crippen LogP contribution >= 0.6 is 0 Å². The summed E-state index contributed by atoms with van der Waals surface area (Å²) in [6, 6.07) is 0. The number of rotatable bonds is 6. The molecule has 0 aromatic rings. The Hall–Kier alpha value is -0.390. The number of hydrogen-bond acceptors (Lipinski definition) is 3. The molecular formula is C10H23NO3S. The normalized spacial score (nSPS) is 12.5. The standard InChI is InChI=1S/C7H17NO3S.C3H6/c1-2-3-4-5-7(6-8)12(9,10)11;1-3-2/h7H,2-6,8H2,1H3,(H,9,10,11);3H,1H2,2H3. The first kappa shape index (κ1) is 17.0. The maximum Gasteiger partial charge on any atom is 0.269 e. The molecule has 5 heteroatoms. The van der Waals surface area contributed by atoms with Crippen LogP contribution in [0.25, 0.3) is 0 Å². The molecule has 0 amide bonds. The van der Waals surface area contributed by atoms with Gasteiger partial charge in [-0.15, -0.1) is 6.58 Å². The molecule has 0 aromatic carbocycles. The van der Waals surface area contributed by atoms with Gasteiger partial charge in [0.15, 0.2) is 0 Å². The summed E-state index contributed by atoms with van der Waals surface area (Å²) in [7, 11) is -3.92. The second kappa shape index (κ2) is 10.1. The number of unbranched alkanes of at least 4 members (excludes halogenated alkanes) is 2. The molecule has 0 aromatic heterocycles. The van der Waals surface area contributed by atoms with Crippen molar-refractivity contribution in [3.05, 3.63) is 12.7 Å². The third-order valence-electron chi connectivity index (χ3n) is 1.81. The van der Waals surface area contributed by atoms with Crippen molar-refractivity contribution in [1.82, 2.24) is 0 Å². The summed E-state index contributed by atoms with van der Waals surface area (Å²) in [5.41, 5.74) is 5.20. The first-order valence-corrected chi connectivity index (χ1v) is 6.67. The smallest absolute Gasteiger partial charge is 0.269 e. The Bertz CT molecular complexity index is 237. The maximum atomic E-state index is 10.6. The number of nitrogens with two attached hydrogens (primary N) is 1. The lowest BCUT2D eigenvalue weighted by Crippen LogP contribution is -2.29. The predicted molar refractivity (Wildman–Crippen MR) is 64.4 cm³/mol. The first-order chi connectivity index (χ1) is 6.93. The maximum absolute atomic E-state index is 10.6. The van der Waals surface area contributed by atoms with E-state index in [0.29, 0.717) is 6.42 Å². The van der Waals surface area contributed by atoms with Crippen molar-refractivity contribution in [2.75, 3.05) is 6.54 Å². The fraction of sp³-hybridized carbons (Fsp3) is 0.800. The Kier molecular flexibility index (Phi) is 11.5. The molecule has 4 nitrogen and oxygen atoms in total. The highest BCUT2D eigenvalue weighted by Crippen LogP contribution is 2.08. The summed E-state index contributed by atoms with van der Waals surface area (Å²) >= 11 is 0. The minimum Gasteiger partial charge on any atom is -0.329 e. The van der Waals surface area contributed by atoms with Crippen LogP contribution in [-0.2, 0) is 10.1 Å². The predicted octanol–water partition coefficient (Wildman–Crippen LogP) is 1.97. The van der Waals surface area contributed by atoms with Gasteiger partial charge in [0.1, 0.15) is 0 Å². The molecule has 0 aliphatic carbocycles. The van der Waals surface area contributed by atoms with Crippen LogP contribution in [0.4, 0.5) is 0 Å². The van der Waals surface area contributed by atoms with E-state index in [1.165, 1.54) is 0 Å². The van der Waals surface area contributed by atoms with E-state index in [-0.39, 0.29) is 6.54 Å². The van der Waals surface area contributed by atoms with Gasteiger partial charge in [0.25, 0.3) is 10.1 Å². The van der Waals surface area contributed by atoms with Crippen molar-refractivity contribution in [3.63, 3.8) is 0 Å². The van der Waals surface area contributed by atoms with E-state index in [2.05, 4.69) is 6.58 Å². The number of hydrogen-bond donors (Lipinski definition) is 2. The van der Waals surface area contributed by atoms with Crippen LogP contribution < -0.4 is 5.73 Å².